The van der Waals surface area contributed by atoms with Gasteiger partial charge in [-0.3, -0.25) is 0 Å². The fraction of sp³-hybridized carbons (Fsp3) is 0.571. The molecule has 1 unspecified atom stereocenters. The first-order chi connectivity index (χ1) is 8.85. The van der Waals surface area contributed by atoms with Gasteiger partial charge in [-0.1, -0.05) is 13.0 Å². The molecule has 2 heterocycles. The summed E-state index contributed by atoms with van der Waals surface area (Å²) < 4.78 is 0. The van der Waals surface area contributed by atoms with Crippen molar-refractivity contribution in [2.24, 2.45) is 0 Å². The standard InChI is InChI=1S/C14H22N4/c1-3-9-15-13-8-10-16-14(17-13)18-11-6-5-7-12(18)4-2/h3,8,10,12H,1,4-7,9,11H2,2H3,(H,15,16,17). The second-order valence-electron chi connectivity index (χ2n) is 4.66. The molecule has 1 fully saturated rings. The maximum atomic E-state index is 4.59. The van der Waals surface area contributed by atoms with Crippen LogP contribution >= 0.6 is 0 Å². The van der Waals surface area contributed by atoms with Gasteiger partial charge in [0.25, 0.3) is 0 Å². The molecule has 0 aromatic carbocycles. The number of hydrogen-bond donors (Lipinski definition) is 1. The minimum absolute atomic E-state index is 0.591. The monoisotopic (exact) mass is 246 g/mol. The van der Waals surface area contributed by atoms with Crippen LogP contribution in [0.1, 0.15) is 32.6 Å². The largest absolute Gasteiger partial charge is 0.366 e. The van der Waals surface area contributed by atoms with Gasteiger partial charge in [-0.25, -0.2) is 4.98 Å². The maximum absolute atomic E-state index is 4.59. The lowest BCUT2D eigenvalue weighted by Crippen LogP contribution is -2.40. The first kappa shape index (κ1) is 12.9. The maximum Gasteiger partial charge on any atom is 0.227 e. The van der Waals surface area contributed by atoms with Crippen LogP contribution in [0.25, 0.3) is 0 Å². The van der Waals surface area contributed by atoms with Crippen LogP contribution in [0.5, 0.6) is 0 Å². The first-order valence-electron chi connectivity index (χ1n) is 6.79. The van der Waals surface area contributed by atoms with Gasteiger partial charge in [0.15, 0.2) is 0 Å². The Kier molecular flexibility index (Phi) is 4.56. The van der Waals surface area contributed by atoms with E-state index in [-0.39, 0.29) is 0 Å². The van der Waals surface area contributed by atoms with E-state index in [0.717, 1.165) is 31.3 Å². The van der Waals surface area contributed by atoms with E-state index in [2.05, 4.69) is 33.7 Å². The lowest BCUT2D eigenvalue weighted by Gasteiger charge is -2.35. The molecular formula is C14H22N4. The zero-order valence-electron chi connectivity index (χ0n) is 11.1. The lowest BCUT2D eigenvalue weighted by atomic mass is 10.0. The molecule has 1 N–H and O–H groups in total. The SMILES string of the molecule is C=CCNc1ccnc(N2CCCCC2CC)n1. The van der Waals surface area contributed by atoms with Crippen molar-refractivity contribution in [2.75, 3.05) is 23.3 Å². The summed E-state index contributed by atoms with van der Waals surface area (Å²) in [5, 5.41) is 3.21. The van der Waals surface area contributed by atoms with Gasteiger partial charge >= 0.3 is 0 Å². The van der Waals surface area contributed by atoms with Crippen LogP contribution in [0, 0.1) is 0 Å². The molecule has 98 valence electrons. The van der Waals surface area contributed by atoms with Crippen molar-refractivity contribution in [3.63, 3.8) is 0 Å². The van der Waals surface area contributed by atoms with Crippen LogP contribution < -0.4 is 10.2 Å². The third-order valence-electron chi connectivity index (χ3n) is 3.43. The van der Waals surface area contributed by atoms with Gasteiger partial charge in [-0.2, -0.15) is 4.98 Å². The lowest BCUT2D eigenvalue weighted by molar-refractivity contribution is 0.443. The molecule has 0 bridgehead atoms. The normalized spacial score (nSPS) is 19.6. The number of rotatable bonds is 5. The summed E-state index contributed by atoms with van der Waals surface area (Å²) in [4.78, 5) is 11.4. The Hall–Kier alpha value is -1.58. The van der Waals surface area contributed by atoms with Crippen LogP contribution in [0.4, 0.5) is 11.8 Å². The minimum atomic E-state index is 0.591. The second-order valence-corrected chi connectivity index (χ2v) is 4.66. The Bertz CT molecular complexity index is 391. The number of nitrogens with zero attached hydrogens (tertiary/aromatic N) is 3. The van der Waals surface area contributed by atoms with Gasteiger partial charge in [-0.05, 0) is 31.7 Å². The Morgan fingerprint density at radius 3 is 3.22 bits per heavy atom. The van der Waals surface area contributed by atoms with E-state index < -0.39 is 0 Å². The Morgan fingerprint density at radius 2 is 2.44 bits per heavy atom. The fourth-order valence-corrected chi connectivity index (χ4v) is 2.45. The quantitative estimate of drug-likeness (QED) is 0.811. The number of piperidine rings is 1. The van der Waals surface area contributed by atoms with Crippen molar-refractivity contribution in [1.82, 2.24) is 9.97 Å². The van der Waals surface area contributed by atoms with E-state index in [9.17, 15) is 0 Å². The first-order valence-corrected chi connectivity index (χ1v) is 6.79. The topological polar surface area (TPSA) is 41.1 Å². The molecule has 1 aliphatic heterocycles. The van der Waals surface area contributed by atoms with Gasteiger partial charge in [0.1, 0.15) is 5.82 Å². The summed E-state index contributed by atoms with van der Waals surface area (Å²) in [5.41, 5.74) is 0. The van der Waals surface area contributed by atoms with Crippen LogP contribution in [0.15, 0.2) is 24.9 Å². The van der Waals surface area contributed by atoms with E-state index in [1.807, 2.05) is 18.3 Å². The molecule has 0 amide bonds. The summed E-state index contributed by atoms with van der Waals surface area (Å²) in [6.07, 6.45) is 8.64. The average molecular weight is 246 g/mol. The summed E-state index contributed by atoms with van der Waals surface area (Å²) in [6.45, 7) is 7.74. The van der Waals surface area contributed by atoms with Crippen molar-refractivity contribution in [1.29, 1.82) is 0 Å². The Labute approximate surface area is 109 Å². The fourth-order valence-electron chi connectivity index (χ4n) is 2.45. The third kappa shape index (κ3) is 3.00. The Balaban J connectivity index is 2.12. The van der Waals surface area contributed by atoms with Gasteiger partial charge in [-0.15, -0.1) is 6.58 Å². The zero-order valence-corrected chi connectivity index (χ0v) is 11.1. The van der Waals surface area contributed by atoms with Crippen molar-refractivity contribution >= 4 is 11.8 Å². The van der Waals surface area contributed by atoms with Crippen molar-refractivity contribution < 1.29 is 0 Å². The number of nitrogens with one attached hydrogen (secondary N) is 1. The second kappa shape index (κ2) is 6.38. The molecule has 0 aliphatic carbocycles. The molecule has 0 spiro atoms. The summed E-state index contributed by atoms with van der Waals surface area (Å²) >= 11 is 0. The van der Waals surface area contributed by atoms with E-state index in [4.69, 9.17) is 0 Å². The minimum Gasteiger partial charge on any atom is -0.366 e. The van der Waals surface area contributed by atoms with Crippen LogP contribution in [0.3, 0.4) is 0 Å². The molecule has 18 heavy (non-hydrogen) atoms. The van der Waals surface area contributed by atoms with Gasteiger partial charge in [0, 0.05) is 25.3 Å². The highest BCUT2D eigenvalue weighted by atomic mass is 15.3. The summed E-state index contributed by atoms with van der Waals surface area (Å²) in [7, 11) is 0. The smallest absolute Gasteiger partial charge is 0.227 e. The van der Waals surface area contributed by atoms with E-state index in [1.54, 1.807) is 0 Å². The molecule has 1 saturated heterocycles. The van der Waals surface area contributed by atoms with Gasteiger partial charge in [0.05, 0.1) is 0 Å². The van der Waals surface area contributed by atoms with E-state index >= 15 is 0 Å². The van der Waals surface area contributed by atoms with Crippen molar-refractivity contribution in [3.8, 4) is 0 Å². The van der Waals surface area contributed by atoms with Gasteiger partial charge in [0.2, 0.25) is 5.95 Å². The van der Waals surface area contributed by atoms with Crippen LogP contribution in [-0.2, 0) is 0 Å². The van der Waals surface area contributed by atoms with E-state index in [1.165, 1.54) is 19.3 Å². The number of aromatic nitrogens is 2. The van der Waals surface area contributed by atoms with Crippen LogP contribution in [0.2, 0.25) is 0 Å². The predicted molar refractivity (Wildman–Crippen MR) is 76.0 cm³/mol. The molecular weight excluding hydrogens is 224 g/mol. The predicted octanol–water partition coefficient (Wildman–Crippen LogP) is 2.84. The van der Waals surface area contributed by atoms with Crippen molar-refractivity contribution in [2.45, 2.75) is 38.6 Å². The summed E-state index contributed by atoms with van der Waals surface area (Å²) in [6, 6.07) is 2.49. The van der Waals surface area contributed by atoms with Crippen LogP contribution in [-0.4, -0.2) is 29.1 Å². The number of anilines is 2. The molecule has 1 atom stereocenters. The van der Waals surface area contributed by atoms with Crippen molar-refractivity contribution in [3.05, 3.63) is 24.9 Å². The number of hydrogen-bond acceptors (Lipinski definition) is 4. The summed E-state index contributed by atoms with van der Waals surface area (Å²) in [5.74, 6) is 1.73. The zero-order chi connectivity index (χ0) is 12.8. The molecule has 1 aliphatic rings. The molecule has 0 radical (unpaired) electrons. The third-order valence-corrected chi connectivity index (χ3v) is 3.43. The van der Waals surface area contributed by atoms with Gasteiger partial charge < -0.3 is 10.2 Å². The molecule has 0 saturated carbocycles. The van der Waals surface area contributed by atoms with E-state index in [0.29, 0.717) is 6.04 Å². The highest BCUT2D eigenvalue weighted by Crippen LogP contribution is 2.24. The Morgan fingerprint density at radius 1 is 1.56 bits per heavy atom. The highest BCUT2D eigenvalue weighted by molar-refractivity contribution is 5.42. The molecule has 4 heteroatoms. The molecule has 2 rings (SSSR count). The average Bonchev–Trinajstić information content (AvgIpc) is 2.45. The molecule has 4 nitrogen and oxygen atoms in total. The molecule has 1 aromatic rings. The molecule has 1 aromatic heterocycles. The highest BCUT2D eigenvalue weighted by Gasteiger charge is 2.22.